The van der Waals surface area contributed by atoms with Gasteiger partial charge in [-0.2, -0.15) is 5.26 Å². The fourth-order valence-corrected chi connectivity index (χ4v) is 1.73. The zero-order valence-corrected chi connectivity index (χ0v) is 9.21. The van der Waals surface area contributed by atoms with Crippen LogP contribution in [0.1, 0.15) is 33.6 Å². The van der Waals surface area contributed by atoms with Crippen molar-refractivity contribution >= 4 is 5.91 Å². The van der Waals surface area contributed by atoms with Crippen LogP contribution in [-0.4, -0.2) is 23.9 Å². The van der Waals surface area contributed by atoms with Gasteiger partial charge in [0, 0.05) is 12.5 Å². The van der Waals surface area contributed by atoms with E-state index in [4.69, 9.17) is 5.26 Å². The molecule has 3 heteroatoms. The van der Waals surface area contributed by atoms with Crippen LogP contribution in [0, 0.1) is 22.7 Å². The molecule has 1 saturated carbocycles. The second kappa shape index (κ2) is 4.00. The van der Waals surface area contributed by atoms with Gasteiger partial charge in [0.25, 0.3) is 0 Å². The van der Waals surface area contributed by atoms with Crippen LogP contribution < -0.4 is 0 Å². The van der Waals surface area contributed by atoms with Crippen molar-refractivity contribution in [2.24, 2.45) is 11.3 Å². The SMILES string of the molecule is CCCN(CC#N)C(=O)C1CC1(C)C. The molecule has 14 heavy (non-hydrogen) atoms. The number of rotatable bonds is 4. The summed E-state index contributed by atoms with van der Waals surface area (Å²) in [5.41, 5.74) is 0.165. The fourth-order valence-electron chi connectivity index (χ4n) is 1.73. The topological polar surface area (TPSA) is 44.1 Å². The molecule has 3 nitrogen and oxygen atoms in total. The third-order valence-electron chi connectivity index (χ3n) is 2.88. The summed E-state index contributed by atoms with van der Waals surface area (Å²) in [6.45, 7) is 7.17. The van der Waals surface area contributed by atoms with Gasteiger partial charge in [0.15, 0.2) is 0 Å². The first-order valence-electron chi connectivity index (χ1n) is 5.18. The highest BCUT2D eigenvalue weighted by Crippen LogP contribution is 2.52. The first-order valence-corrected chi connectivity index (χ1v) is 5.18. The van der Waals surface area contributed by atoms with Gasteiger partial charge in [-0.25, -0.2) is 0 Å². The summed E-state index contributed by atoms with van der Waals surface area (Å²) in [6.07, 6.45) is 1.89. The normalized spacial score (nSPS) is 22.6. The largest absolute Gasteiger partial charge is 0.329 e. The van der Waals surface area contributed by atoms with Crippen LogP contribution in [0.2, 0.25) is 0 Å². The van der Waals surface area contributed by atoms with E-state index in [1.54, 1.807) is 4.90 Å². The van der Waals surface area contributed by atoms with Crippen molar-refractivity contribution in [1.29, 1.82) is 5.26 Å². The minimum Gasteiger partial charge on any atom is -0.329 e. The second-order valence-corrected chi connectivity index (χ2v) is 4.66. The molecule has 0 bridgehead atoms. The standard InChI is InChI=1S/C11H18N2O/c1-4-6-13(7-5-12)10(14)9-8-11(9,2)3/h9H,4,6-8H2,1-3H3. The Labute approximate surface area is 85.7 Å². The molecule has 0 aliphatic heterocycles. The van der Waals surface area contributed by atoms with Crippen molar-refractivity contribution in [3.63, 3.8) is 0 Å². The van der Waals surface area contributed by atoms with E-state index >= 15 is 0 Å². The molecule has 0 saturated heterocycles. The molecule has 1 atom stereocenters. The maximum Gasteiger partial charge on any atom is 0.227 e. The van der Waals surface area contributed by atoms with Crippen molar-refractivity contribution in [3.05, 3.63) is 0 Å². The molecule has 1 amide bonds. The molecule has 1 rings (SSSR count). The highest BCUT2D eigenvalue weighted by Gasteiger charge is 2.51. The summed E-state index contributed by atoms with van der Waals surface area (Å²) in [4.78, 5) is 13.6. The summed E-state index contributed by atoms with van der Waals surface area (Å²) in [6, 6.07) is 2.05. The molecule has 0 spiro atoms. The minimum absolute atomic E-state index is 0.155. The highest BCUT2D eigenvalue weighted by atomic mass is 16.2. The number of nitriles is 1. The number of amides is 1. The van der Waals surface area contributed by atoms with Gasteiger partial charge in [-0.05, 0) is 18.3 Å². The third kappa shape index (κ3) is 2.25. The van der Waals surface area contributed by atoms with Crippen LogP contribution in [0.4, 0.5) is 0 Å². The van der Waals surface area contributed by atoms with Crippen molar-refractivity contribution in [2.75, 3.05) is 13.1 Å². The Bertz CT molecular complexity index is 265. The van der Waals surface area contributed by atoms with E-state index < -0.39 is 0 Å². The molecule has 0 aromatic rings. The summed E-state index contributed by atoms with van der Waals surface area (Å²) < 4.78 is 0. The summed E-state index contributed by atoms with van der Waals surface area (Å²) >= 11 is 0. The molecule has 1 aliphatic carbocycles. The Morgan fingerprint density at radius 3 is 2.57 bits per heavy atom. The molecule has 0 heterocycles. The second-order valence-electron chi connectivity index (χ2n) is 4.66. The monoisotopic (exact) mass is 194 g/mol. The minimum atomic E-state index is 0.155. The number of carbonyl (C=O) groups is 1. The smallest absolute Gasteiger partial charge is 0.227 e. The predicted octanol–water partition coefficient (Wildman–Crippen LogP) is 1.79. The summed E-state index contributed by atoms with van der Waals surface area (Å²) in [5, 5.41) is 8.60. The lowest BCUT2D eigenvalue weighted by molar-refractivity contribution is -0.132. The lowest BCUT2D eigenvalue weighted by Crippen LogP contribution is -2.34. The zero-order valence-electron chi connectivity index (χ0n) is 9.21. The fraction of sp³-hybridized carbons (Fsp3) is 0.818. The van der Waals surface area contributed by atoms with Crippen LogP contribution in [0.5, 0.6) is 0 Å². The molecule has 78 valence electrons. The van der Waals surface area contributed by atoms with Crippen LogP contribution in [0.15, 0.2) is 0 Å². The Morgan fingerprint density at radius 2 is 2.21 bits per heavy atom. The van der Waals surface area contributed by atoms with Gasteiger partial charge < -0.3 is 4.90 Å². The first kappa shape index (κ1) is 11.0. The molecule has 0 aromatic carbocycles. The van der Waals surface area contributed by atoms with Crippen LogP contribution in [0.3, 0.4) is 0 Å². The molecule has 0 aromatic heterocycles. The van der Waals surface area contributed by atoms with Gasteiger partial charge in [-0.1, -0.05) is 20.8 Å². The number of hydrogen-bond donors (Lipinski definition) is 0. The van der Waals surface area contributed by atoms with Crippen molar-refractivity contribution < 1.29 is 4.79 Å². The van der Waals surface area contributed by atoms with Gasteiger partial charge in [0.1, 0.15) is 6.54 Å². The molecule has 1 unspecified atom stereocenters. The van der Waals surface area contributed by atoms with Gasteiger partial charge in [-0.3, -0.25) is 4.79 Å². The van der Waals surface area contributed by atoms with E-state index in [-0.39, 0.29) is 23.8 Å². The highest BCUT2D eigenvalue weighted by molar-refractivity contribution is 5.82. The average molecular weight is 194 g/mol. The summed E-state index contributed by atoms with van der Waals surface area (Å²) in [5.74, 6) is 0.320. The lowest BCUT2D eigenvalue weighted by atomic mass is 10.1. The summed E-state index contributed by atoms with van der Waals surface area (Å²) in [7, 11) is 0. The molecule has 1 aliphatic rings. The van der Waals surface area contributed by atoms with E-state index in [0.717, 1.165) is 12.8 Å². The Morgan fingerprint density at radius 1 is 1.64 bits per heavy atom. The predicted molar refractivity (Wildman–Crippen MR) is 54.4 cm³/mol. The Hall–Kier alpha value is -1.04. The van der Waals surface area contributed by atoms with Crippen LogP contribution in [0.25, 0.3) is 0 Å². The van der Waals surface area contributed by atoms with E-state index in [2.05, 4.69) is 13.8 Å². The van der Waals surface area contributed by atoms with Crippen LogP contribution >= 0.6 is 0 Å². The van der Waals surface area contributed by atoms with Crippen LogP contribution in [-0.2, 0) is 4.79 Å². The number of nitrogens with zero attached hydrogens (tertiary/aromatic N) is 2. The van der Waals surface area contributed by atoms with E-state index in [9.17, 15) is 4.79 Å². The number of carbonyl (C=O) groups excluding carboxylic acids is 1. The maximum atomic E-state index is 11.9. The van der Waals surface area contributed by atoms with Gasteiger partial charge >= 0.3 is 0 Å². The van der Waals surface area contributed by atoms with Crippen molar-refractivity contribution in [1.82, 2.24) is 4.90 Å². The van der Waals surface area contributed by atoms with Gasteiger partial charge in [0.05, 0.1) is 6.07 Å². The van der Waals surface area contributed by atoms with Gasteiger partial charge in [-0.15, -0.1) is 0 Å². The maximum absolute atomic E-state index is 11.9. The molecule has 0 radical (unpaired) electrons. The molecular weight excluding hydrogens is 176 g/mol. The Balaban J connectivity index is 2.53. The van der Waals surface area contributed by atoms with E-state index in [1.165, 1.54) is 0 Å². The molecule has 0 N–H and O–H groups in total. The quantitative estimate of drug-likeness (QED) is 0.640. The van der Waals surface area contributed by atoms with E-state index in [0.29, 0.717) is 6.54 Å². The molecule has 1 fully saturated rings. The number of hydrogen-bond acceptors (Lipinski definition) is 2. The Kier molecular flexibility index (Phi) is 3.15. The zero-order chi connectivity index (χ0) is 10.8. The third-order valence-corrected chi connectivity index (χ3v) is 2.88. The van der Waals surface area contributed by atoms with E-state index in [1.807, 2.05) is 13.0 Å². The average Bonchev–Trinajstić information content (AvgIpc) is 2.74. The first-order chi connectivity index (χ1) is 6.53. The lowest BCUT2D eigenvalue weighted by Gasteiger charge is -2.19. The molecular formula is C11H18N2O. The van der Waals surface area contributed by atoms with Crippen molar-refractivity contribution in [3.8, 4) is 6.07 Å². The van der Waals surface area contributed by atoms with Gasteiger partial charge in [0.2, 0.25) is 5.91 Å². The van der Waals surface area contributed by atoms with Crippen molar-refractivity contribution in [2.45, 2.75) is 33.6 Å².